The van der Waals surface area contributed by atoms with Gasteiger partial charge < -0.3 is 10.2 Å². The quantitative estimate of drug-likeness (QED) is 0.908. The van der Waals surface area contributed by atoms with E-state index in [1.807, 2.05) is 12.1 Å². The molecule has 3 aliphatic rings. The number of anilines is 2. The van der Waals surface area contributed by atoms with Crippen molar-refractivity contribution in [2.24, 2.45) is 10.9 Å². The van der Waals surface area contributed by atoms with E-state index in [1.54, 1.807) is 18.0 Å². The van der Waals surface area contributed by atoms with Crippen LogP contribution in [0.1, 0.15) is 42.5 Å². The number of hydrogen-bond donors (Lipinski definition) is 1. The standard InChI is InChI=1S/C18H22N4O2/c1-21-17(24)14-11-13(20-16(23)12-5-3-2-4-6-12)7-8-15(14)22-10-9-19-18(21)22/h7-8,11-12H,2-6,9-10H2,1H3,(H,20,23). The van der Waals surface area contributed by atoms with Crippen LogP contribution in [0.4, 0.5) is 11.4 Å². The molecule has 1 aliphatic carbocycles. The van der Waals surface area contributed by atoms with Gasteiger partial charge in [0, 0.05) is 25.2 Å². The number of rotatable bonds is 2. The molecule has 24 heavy (non-hydrogen) atoms. The third-order valence-electron chi connectivity index (χ3n) is 5.18. The van der Waals surface area contributed by atoms with Gasteiger partial charge in [-0.2, -0.15) is 0 Å². The Labute approximate surface area is 141 Å². The molecular weight excluding hydrogens is 304 g/mol. The van der Waals surface area contributed by atoms with Crippen LogP contribution in [0.5, 0.6) is 0 Å². The molecule has 0 radical (unpaired) electrons. The molecule has 0 aromatic heterocycles. The van der Waals surface area contributed by atoms with E-state index >= 15 is 0 Å². The van der Waals surface area contributed by atoms with Crippen molar-refractivity contribution < 1.29 is 9.59 Å². The van der Waals surface area contributed by atoms with Crippen LogP contribution in [0.15, 0.2) is 23.2 Å². The van der Waals surface area contributed by atoms with Gasteiger partial charge in [0.25, 0.3) is 5.91 Å². The molecule has 0 spiro atoms. The van der Waals surface area contributed by atoms with E-state index in [2.05, 4.69) is 15.2 Å². The Morgan fingerprint density at radius 1 is 1.25 bits per heavy atom. The number of fused-ring (bicyclic) bond motifs is 3. The number of nitrogens with zero attached hydrogens (tertiary/aromatic N) is 3. The Hall–Kier alpha value is -2.37. The number of guanidine groups is 1. The van der Waals surface area contributed by atoms with Crippen molar-refractivity contribution in [3.8, 4) is 0 Å². The van der Waals surface area contributed by atoms with Gasteiger partial charge >= 0.3 is 0 Å². The highest BCUT2D eigenvalue weighted by Gasteiger charge is 2.35. The number of nitrogens with one attached hydrogen (secondary N) is 1. The second kappa shape index (κ2) is 5.92. The third-order valence-corrected chi connectivity index (χ3v) is 5.18. The minimum absolute atomic E-state index is 0.0735. The van der Waals surface area contributed by atoms with Gasteiger partial charge in [0.05, 0.1) is 17.8 Å². The van der Waals surface area contributed by atoms with Crippen molar-refractivity contribution in [1.82, 2.24) is 4.90 Å². The lowest BCUT2D eigenvalue weighted by Crippen LogP contribution is -2.48. The number of amides is 2. The zero-order chi connectivity index (χ0) is 16.7. The summed E-state index contributed by atoms with van der Waals surface area (Å²) in [5, 5.41) is 3.00. The van der Waals surface area contributed by atoms with Gasteiger partial charge in [-0.15, -0.1) is 0 Å². The van der Waals surface area contributed by atoms with Crippen LogP contribution >= 0.6 is 0 Å². The molecule has 0 unspecified atom stereocenters. The van der Waals surface area contributed by atoms with Gasteiger partial charge in [0.15, 0.2) is 0 Å². The summed E-state index contributed by atoms with van der Waals surface area (Å²) < 4.78 is 0. The highest BCUT2D eigenvalue weighted by Crippen LogP contribution is 2.32. The minimum atomic E-state index is -0.0735. The molecule has 4 rings (SSSR count). The summed E-state index contributed by atoms with van der Waals surface area (Å²) in [6.07, 6.45) is 5.41. The summed E-state index contributed by atoms with van der Waals surface area (Å²) in [4.78, 5) is 33.1. The number of carbonyl (C=O) groups excluding carboxylic acids is 2. The number of hydrogen-bond acceptors (Lipinski definition) is 4. The summed E-state index contributed by atoms with van der Waals surface area (Å²) >= 11 is 0. The van der Waals surface area contributed by atoms with Crippen molar-refractivity contribution in [2.75, 3.05) is 30.4 Å². The van der Waals surface area contributed by atoms with Crippen LogP contribution in [0.25, 0.3) is 0 Å². The predicted molar refractivity (Wildman–Crippen MR) is 93.4 cm³/mol. The molecule has 1 N–H and O–H groups in total. The number of benzene rings is 1. The highest BCUT2D eigenvalue weighted by atomic mass is 16.2. The lowest BCUT2D eigenvalue weighted by atomic mass is 9.88. The van der Waals surface area contributed by atoms with Gasteiger partial charge in [0.2, 0.25) is 11.9 Å². The molecule has 6 heteroatoms. The first-order valence-electron chi connectivity index (χ1n) is 8.70. The SMILES string of the molecule is CN1C(=O)c2cc(NC(=O)C3CCCCC3)ccc2N2CCN=C12. The summed E-state index contributed by atoms with van der Waals surface area (Å²) in [5.74, 6) is 0.822. The average molecular weight is 326 g/mol. The fourth-order valence-corrected chi connectivity index (χ4v) is 3.85. The molecular formula is C18H22N4O2. The topological polar surface area (TPSA) is 65.0 Å². The average Bonchev–Trinajstić information content (AvgIpc) is 3.10. The van der Waals surface area contributed by atoms with Crippen LogP contribution in [0.3, 0.4) is 0 Å². The first kappa shape index (κ1) is 15.2. The minimum Gasteiger partial charge on any atom is -0.326 e. The Kier molecular flexibility index (Phi) is 3.75. The van der Waals surface area contributed by atoms with Crippen LogP contribution in [0.2, 0.25) is 0 Å². The molecule has 0 atom stereocenters. The fourth-order valence-electron chi connectivity index (χ4n) is 3.85. The van der Waals surface area contributed by atoms with E-state index < -0.39 is 0 Å². The van der Waals surface area contributed by atoms with E-state index in [4.69, 9.17) is 0 Å². The predicted octanol–water partition coefficient (Wildman–Crippen LogP) is 2.47. The van der Waals surface area contributed by atoms with Crippen molar-refractivity contribution in [3.05, 3.63) is 23.8 Å². The molecule has 0 bridgehead atoms. The molecule has 1 fully saturated rings. The zero-order valence-electron chi connectivity index (χ0n) is 13.9. The Morgan fingerprint density at radius 3 is 2.83 bits per heavy atom. The normalized spacial score (nSPS) is 20.5. The van der Waals surface area contributed by atoms with Crippen LogP contribution in [0, 0.1) is 5.92 Å². The van der Waals surface area contributed by atoms with E-state index in [9.17, 15) is 9.59 Å². The summed E-state index contributed by atoms with van der Waals surface area (Å²) in [6, 6.07) is 5.59. The van der Waals surface area contributed by atoms with E-state index in [1.165, 1.54) is 6.42 Å². The van der Waals surface area contributed by atoms with Crippen LogP contribution < -0.4 is 10.2 Å². The van der Waals surface area contributed by atoms with E-state index in [0.717, 1.165) is 37.9 Å². The maximum Gasteiger partial charge on any atom is 0.262 e. The second-order valence-electron chi connectivity index (χ2n) is 6.75. The lowest BCUT2D eigenvalue weighted by molar-refractivity contribution is -0.120. The fraction of sp³-hybridized carbons (Fsp3) is 0.500. The van der Waals surface area contributed by atoms with Gasteiger partial charge in [-0.05, 0) is 31.0 Å². The summed E-state index contributed by atoms with van der Waals surface area (Å²) in [6.45, 7) is 1.49. The van der Waals surface area contributed by atoms with Gasteiger partial charge in [-0.3, -0.25) is 19.5 Å². The first-order chi connectivity index (χ1) is 11.6. The molecule has 2 heterocycles. The highest BCUT2D eigenvalue weighted by molar-refractivity contribution is 6.19. The molecule has 2 amide bonds. The van der Waals surface area contributed by atoms with Crippen molar-refractivity contribution in [1.29, 1.82) is 0 Å². The molecule has 6 nitrogen and oxygen atoms in total. The van der Waals surface area contributed by atoms with Gasteiger partial charge in [-0.25, -0.2) is 0 Å². The molecule has 126 valence electrons. The molecule has 2 aliphatic heterocycles. The molecule has 1 saturated carbocycles. The number of carbonyl (C=O) groups is 2. The number of aliphatic imine (C=N–C) groups is 1. The van der Waals surface area contributed by atoms with Crippen LogP contribution in [-0.2, 0) is 4.79 Å². The largest absolute Gasteiger partial charge is 0.326 e. The Balaban J connectivity index is 1.58. The summed E-state index contributed by atoms with van der Waals surface area (Å²) in [7, 11) is 1.75. The zero-order valence-corrected chi connectivity index (χ0v) is 13.9. The van der Waals surface area contributed by atoms with Gasteiger partial charge in [-0.1, -0.05) is 19.3 Å². The first-order valence-corrected chi connectivity index (χ1v) is 8.70. The smallest absolute Gasteiger partial charge is 0.262 e. The maximum atomic E-state index is 12.6. The second-order valence-corrected chi connectivity index (χ2v) is 6.75. The maximum absolute atomic E-state index is 12.6. The Morgan fingerprint density at radius 2 is 2.04 bits per heavy atom. The molecule has 1 aromatic rings. The monoisotopic (exact) mass is 326 g/mol. The van der Waals surface area contributed by atoms with E-state index in [-0.39, 0.29) is 17.7 Å². The van der Waals surface area contributed by atoms with Gasteiger partial charge in [0.1, 0.15) is 0 Å². The lowest BCUT2D eigenvalue weighted by Gasteiger charge is -2.33. The van der Waals surface area contributed by atoms with Crippen molar-refractivity contribution in [3.63, 3.8) is 0 Å². The summed E-state index contributed by atoms with van der Waals surface area (Å²) in [5.41, 5.74) is 2.20. The molecule has 1 aromatic carbocycles. The van der Waals surface area contributed by atoms with Crippen molar-refractivity contribution in [2.45, 2.75) is 32.1 Å². The van der Waals surface area contributed by atoms with E-state index in [0.29, 0.717) is 23.8 Å². The molecule has 0 saturated heterocycles. The Bertz CT molecular complexity index is 722. The third kappa shape index (κ3) is 2.46. The van der Waals surface area contributed by atoms with Crippen LogP contribution in [-0.4, -0.2) is 42.8 Å². The van der Waals surface area contributed by atoms with Crippen molar-refractivity contribution >= 4 is 29.1 Å².